The fourth-order valence-corrected chi connectivity index (χ4v) is 2.37. The Morgan fingerprint density at radius 1 is 1.17 bits per heavy atom. The van der Waals surface area contributed by atoms with Crippen molar-refractivity contribution in [3.63, 3.8) is 0 Å². The molecule has 1 N–H and O–H groups in total. The molecule has 0 amide bonds. The molecule has 0 aliphatic heterocycles. The molecule has 0 aliphatic rings. The lowest BCUT2D eigenvalue weighted by atomic mass is 10.2. The van der Waals surface area contributed by atoms with Gasteiger partial charge in [-0.1, -0.05) is 19.1 Å². The van der Waals surface area contributed by atoms with E-state index in [1.807, 2.05) is 30.8 Å². The van der Waals surface area contributed by atoms with Gasteiger partial charge in [0.1, 0.15) is 0 Å². The summed E-state index contributed by atoms with van der Waals surface area (Å²) in [6.07, 6.45) is 0. The van der Waals surface area contributed by atoms with Crippen molar-refractivity contribution in [1.29, 1.82) is 0 Å². The second-order valence-electron chi connectivity index (χ2n) is 3.94. The van der Waals surface area contributed by atoms with Gasteiger partial charge < -0.3 is 5.11 Å². The van der Waals surface area contributed by atoms with Crippen LogP contribution in [0.25, 0.3) is 11.4 Å². The number of aryl methyl sites for hydroxylation is 1. The van der Waals surface area contributed by atoms with Crippen LogP contribution in [0.2, 0.25) is 0 Å². The molecule has 2 rings (SSSR count). The molecule has 1 aromatic carbocycles. The van der Waals surface area contributed by atoms with Crippen LogP contribution in [0.1, 0.15) is 18.3 Å². The van der Waals surface area contributed by atoms with E-state index in [4.69, 9.17) is 5.11 Å². The van der Waals surface area contributed by atoms with Gasteiger partial charge in [0, 0.05) is 16.2 Å². The fourth-order valence-electron chi connectivity index (χ4n) is 1.71. The molecule has 0 unspecified atom stereocenters. The third-order valence-electron chi connectivity index (χ3n) is 2.49. The zero-order valence-corrected chi connectivity index (χ0v) is 11.4. The summed E-state index contributed by atoms with van der Waals surface area (Å²) in [5.41, 5.74) is 2.51. The standard InChI is InChI=1S/C14H16N2OS/c1-3-18-13-6-4-11(5-7-13)14-15-10(2)8-12(9-17)16-14/h4-8,17H,3,9H2,1-2H3. The number of nitrogens with zero attached hydrogens (tertiary/aromatic N) is 2. The molecule has 2 aromatic rings. The summed E-state index contributed by atoms with van der Waals surface area (Å²) >= 11 is 1.81. The molecule has 0 fully saturated rings. The van der Waals surface area contributed by atoms with Gasteiger partial charge in [0.15, 0.2) is 5.82 Å². The summed E-state index contributed by atoms with van der Waals surface area (Å²) < 4.78 is 0. The van der Waals surface area contributed by atoms with E-state index in [-0.39, 0.29) is 6.61 Å². The van der Waals surface area contributed by atoms with Crippen LogP contribution in [0.15, 0.2) is 35.2 Å². The highest BCUT2D eigenvalue weighted by molar-refractivity contribution is 7.99. The molecule has 94 valence electrons. The molecule has 0 atom stereocenters. The average Bonchev–Trinajstić information content (AvgIpc) is 2.39. The number of thioether (sulfide) groups is 1. The Bertz CT molecular complexity index is 526. The van der Waals surface area contributed by atoms with E-state index < -0.39 is 0 Å². The van der Waals surface area contributed by atoms with Crippen LogP contribution in [0.5, 0.6) is 0 Å². The number of benzene rings is 1. The first-order chi connectivity index (χ1) is 8.72. The molecule has 0 saturated heterocycles. The van der Waals surface area contributed by atoms with Gasteiger partial charge in [-0.3, -0.25) is 0 Å². The highest BCUT2D eigenvalue weighted by Crippen LogP contribution is 2.22. The van der Waals surface area contributed by atoms with Gasteiger partial charge in [-0.15, -0.1) is 11.8 Å². The smallest absolute Gasteiger partial charge is 0.159 e. The number of hydrogen-bond donors (Lipinski definition) is 1. The largest absolute Gasteiger partial charge is 0.390 e. The van der Waals surface area contributed by atoms with Gasteiger partial charge >= 0.3 is 0 Å². The van der Waals surface area contributed by atoms with E-state index in [9.17, 15) is 0 Å². The Hall–Kier alpha value is -1.39. The van der Waals surface area contributed by atoms with Crippen molar-refractivity contribution in [1.82, 2.24) is 9.97 Å². The molecule has 0 radical (unpaired) electrons. The van der Waals surface area contributed by atoms with Gasteiger partial charge in [-0.2, -0.15) is 0 Å². The van der Waals surface area contributed by atoms with Crippen molar-refractivity contribution in [2.24, 2.45) is 0 Å². The molecule has 3 nitrogen and oxygen atoms in total. The number of aliphatic hydroxyl groups is 1. The Morgan fingerprint density at radius 2 is 1.89 bits per heavy atom. The van der Waals surface area contributed by atoms with Crippen molar-refractivity contribution in [2.45, 2.75) is 25.3 Å². The maximum absolute atomic E-state index is 9.15. The van der Waals surface area contributed by atoms with Crippen LogP contribution in [0.3, 0.4) is 0 Å². The minimum atomic E-state index is -0.0554. The molecule has 18 heavy (non-hydrogen) atoms. The Morgan fingerprint density at radius 3 is 2.50 bits per heavy atom. The summed E-state index contributed by atoms with van der Waals surface area (Å²) in [6.45, 7) is 3.99. The van der Waals surface area contributed by atoms with Crippen molar-refractivity contribution < 1.29 is 5.11 Å². The van der Waals surface area contributed by atoms with Gasteiger partial charge in [0.05, 0.1) is 12.3 Å². The van der Waals surface area contributed by atoms with Crippen LogP contribution < -0.4 is 0 Å². The first kappa shape index (κ1) is 13.1. The topological polar surface area (TPSA) is 46.0 Å². The number of aromatic nitrogens is 2. The second kappa shape index (κ2) is 5.98. The SMILES string of the molecule is CCSc1ccc(-c2nc(C)cc(CO)n2)cc1. The summed E-state index contributed by atoms with van der Waals surface area (Å²) in [5.74, 6) is 1.74. The normalized spacial score (nSPS) is 10.6. The van der Waals surface area contributed by atoms with E-state index in [2.05, 4.69) is 29.0 Å². The van der Waals surface area contributed by atoms with E-state index >= 15 is 0 Å². The van der Waals surface area contributed by atoms with Crippen LogP contribution >= 0.6 is 11.8 Å². The predicted octanol–water partition coefficient (Wildman–Crippen LogP) is 3.06. The Balaban J connectivity index is 2.33. The van der Waals surface area contributed by atoms with Gasteiger partial charge in [-0.25, -0.2) is 9.97 Å². The van der Waals surface area contributed by atoms with E-state index in [0.29, 0.717) is 11.5 Å². The molecule has 0 spiro atoms. The quantitative estimate of drug-likeness (QED) is 0.858. The number of rotatable bonds is 4. The van der Waals surface area contributed by atoms with Crippen molar-refractivity contribution in [3.8, 4) is 11.4 Å². The van der Waals surface area contributed by atoms with Crippen LogP contribution in [0, 0.1) is 6.92 Å². The maximum Gasteiger partial charge on any atom is 0.159 e. The van der Waals surface area contributed by atoms with Gasteiger partial charge in [0.25, 0.3) is 0 Å². The summed E-state index contributed by atoms with van der Waals surface area (Å²) in [6, 6.07) is 9.99. The Kier molecular flexibility index (Phi) is 4.33. The molecular weight excluding hydrogens is 244 g/mol. The summed E-state index contributed by atoms with van der Waals surface area (Å²) in [4.78, 5) is 9.98. The van der Waals surface area contributed by atoms with Gasteiger partial charge in [-0.05, 0) is 30.9 Å². The van der Waals surface area contributed by atoms with Crippen LogP contribution in [-0.4, -0.2) is 20.8 Å². The monoisotopic (exact) mass is 260 g/mol. The zero-order valence-electron chi connectivity index (χ0n) is 10.6. The van der Waals surface area contributed by atoms with E-state index in [1.165, 1.54) is 4.90 Å². The summed E-state index contributed by atoms with van der Waals surface area (Å²) in [5, 5.41) is 9.15. The highest BCUT2D eigenvalue weighted by atomic mass is 32.2. The van der Waals surface area contributed by atoms with Crippen LogP contribution in [-0.2, 0) is 6.61 Å². The minimum absolute atomic E-state index is 0.0554. The molecule has 0 saturated carbocycles. The molecular formula is C14H16N2OS. The lowest BCUT2D eigenvalue weighted by Crippen LogP contribution is -1.97. The second-order valence-corrected chi connectivity index (χ2v) is 5.28. The highest BCUT2D eigenvalue weighted by Gasteiger charge is 2.04. The van der Waals surface area contributed by atoms with Crippen molar-refractivity contribution in [2.75, 3.05) is 5.75 Å². The van der Waals surface area contributed by atoms with Crippen molar-refractivity contribution in [3.05, 3.63) is 41.7 Å². The van der Waals surface area contributed by atoms with Crippen LogP contribution in [0.4, 0.5) is 0 Å². The lowest BCUT2D eigenvalue weighted by molar-refractivity contribution is 0.276. The third-order valence-corrected chi connectivity index (χ3v) is 3.39. The van der Waals surface area contributed by atoms with Crippen molar-refractivity contribution >= 4 is 11.8 Å². The van der Waals surface area contributed by atoms with E-state index in [1.54, 1.807) is 6.07 Å². The molecule has 1 heterocycles. The third kappa shape index (κ3) is 3.09. The molecule has 0 aliphatic carbocycles. The zero-order chi connectivity index (χ0) is 13.0. The molecule has 4 heteroatoms. The first-order valence-electron chi connectivity index (χ1n) is 5.91. The number of hydrogen-bond acceptors (Lipinski definition) is 4. The number of aliphatic hydroxyl groups excluding tert-OH is 1. The lowest BCUT2D eigenvalue weighted by Gasteiger charge is -2.05. The predicted molar refractivity (Wildman–Crippen MR) is 74.5 cm³/mol. The Labute approximate surface area is 111 Å². The average molecular weight is 260 g/mol. The summed E-state index contributed by atoms with van der Waals surface area (Å²) in [7, 11) is 0. The minimum Gasteiger partial charge on any atom is -0.390 e. The molecule has 1 aromatic heterocycles. The van der Waals surface area contributed by atoms with E-state index in [0.717, 1.165) is 17.0 Å². The first-order valence-corrected chi connectivity index (χ1v) is 6.90. The molecule has 0 bridgehead atoms. The fraction of sp³-hybridized carbons (Fsp3) is 0.286. The van der Waals surface area contributed by atoms with Gasteiger partial charge in [0.2, 0.25) is 0 Å². The maximum atomic E-state index is 9.15.